The average Bonchev–Trinajstić information content (AvgIpc) is 2.63. The van der Waals surface area contributed by atoms with Crippen molar-refractivity contribution >= 4 is 29.5 Å². The van der Waals surface area contributed by atoms with Crippen LogP contribution in [0.15, 0.2) is 17.7 Å². The Hall–Kier alpha value is -2.21. The van der Waals surface area contributed by atoms with Crippen LogP contribution in [0.3, 0.4) is 0 Å². The largest absolute Gasteiger partial charge is 0.503 e. The molecular formula is C22H33ClN2O4. The third-order valence-electron chi connectivity index (χ3n) is 4.17. The van der Waals surface area contributed by atoms with Crippen LogP contribution in [0.5, 0.6) is 11.5 Å². The Morgan fingerprint density at radius 1 is 1.07 bits per heavy atom. The summed E-state index contributed by atoms with van der Waals surface area (Å²) in [6.07, 6.45) is 3.09. The monoisotopic (exact) mass is 424 g/mol. The van der Waals surface area contributed by atoms with Gasteiger partial charge in [0, 0.05) is 13.1 Å². The number of ether oxygens (including phenoxy) is 1. The lowest BCUT2D eigenvalue weighted by Crippen LogP contribution is -2.36. The lowest BCUT2D eigenvalue weighted by Gasteiger charge is -2.13. The predicted octanol–water partition coefficient (Wildman–Crippen LogP) is 4.15. The van der Waals surface area contributed by atoms with Crippen molar-refractivity contribution in [1.82, 2.24) is 10.6 Å². The minimum Gasteiger partial charge on any atom is -0.503 e. The molecule has 2 amide bonds. The van der Waals surface area contributed by atoms with E-state index in [4.69, 9.17) is 16.3 Å². The third-order valence-corrected chi connectivity index (χ3v) is 4.45. The first kappa shape index (κ1) is 24.8. The first-order valence-electron chi connectivity index (χ1n) is 10.1. The molecule has 0 aliphatic rings. The standard InChI is InChI=1S/C22H33ClN2O4/c1-6-29-19-13-16(12-18(23)20(19)26)11-17(21(27)24-9-7-14(2)3)22(28)25-10-8-15(4)5/h11-15,26H,6-10H2,1-5H3,(H,24,27)(H,25,28). The molecule has 0 saturated heterocycles. The summed E-state index contributed by atoms with van der Waals surface area (Å²) < 4.78 is 5.38. The van der Waals surface area contributed by atoms with E-state index in [2.05, 4.69) is 38.3 Å². The highest BCUT2D eigenvalue weighted by Gasteiger charge is 2.19. The van der Waals surface area contributed by atoms with E-state index < -0.39 is 11.8 Å². The number of nitrogens with one attached hydrogen (secondary N) is 2. The highest BCUT2D eigenvalue weighted by atomic mass is 35.5. The summed E-state index contributed by atoms with van der Waals surface area (Å²) in [5.41, 5.74) is 0.478. The van der Waals surface area contributed by atoms with Crippen molar-refractivity contribution < 1.29 is 19.4 Å². The number of amides is 2. The zero-order valence-electron chi connectivity index (χ0n) is 18.0. The molecule has 0 bridgehead atoms. The van der Waals surface area contributed by atoms with Crippen molar-refractivity contribution in [3.05, 3.63) is 28.3 Å². The van der Waals surface area contributed by atoms with Gasteiger partial charge in [-0.1, -0.05) is 39.3 Å². The molecule has 0 aliphatic heterocycles. The maximum Gasteiger partial charge on any atom is 0.256 e. The number of phenolic OH excluding ortho intramolecular Hbond substituents is 1. The van der Waals surface area contributed by atoms with E-state index in [-0.39, 0.29) is 22.1 Å². The summed E-state index contributed by atoms with van der Waals surface area (Å²) in [5, 5.41) is 15.7. The minimum atomic E-state index is -0.449. The van der Waals surface area contributed by atoms with E-state index in [9.17, 15) is 14.7 Å². The van der Waals surface area contributed by atoms with Gasteiger partial charge in [0.15, 0.2) is 11.5 Å². The van der Waals surface area contributed by atoms with Gasteiger partial charge in [0.1, 0.15) is 5.57 Å². The second-order valence-electron chi connectivity index (χ2n) is 7.72. The van der Waals surface area contributed by atoms with Crippen LogP contribution in [-0.2, 0) is 9.59 Å². The number of carbonyl (C=O) groups excluding carboxylic acids is 2. The van der Waals surface area contributed by atoms with Crippen LogP contribution >= 0.6 is 11.6 Å². The number of aromatic hydroxyl groups is 1. The lowest BCUT2D eigenvalue weighted by molar-refractivity contribution is -0.123. The molecule has 0 heterocycles. The molecule has 0 spiro atoms. The Balaban J connectivity index is 3.14. The van der Waals surface area contributed by atoms with Crippen LogP contribution in [0.4, 0.5) is 0 Å². The molecule has 0 radical (unpaired) electrons. The van der Waals surface area contributed by atoms with E-state index in [1.54, 1.807) is 13.0 Å². The molecule has 29 heavy (non-hydrogen) atoms. The maximum absolute atomic E-state index is 12.7. The van der Waals surface area contributed by atoms with E-state index >= 15 is 0 Å². The fourth-order valence-corrected chi connectivity index (χ4v) is 2.70. The Morgan fingerprint density at radius 2 is 1.59 bits per heavy atom. The maximum atomic E-state index is 12.7. The minimum absolute atomic E-state index is 0.0123. The van der Waals surface area contributed by atoms with Gasteiger partial charge in [0.2, 0.25) is 0 Å². The Labute approximate surface area is 178 Å². The second kappa shape index (κ2) is 12.4. The van der Waals surface area contributed by atoms with Crippen LogP contribution in [0.1, 0.15) is 53.0 Å². The quantitative estimate of drug-likeness (QED) is 0.283. The van der Waals surface area contributed by atoms with Crippen LogP contribution in [-0.4, -0.2) is 36.6 Å². The molecule has 1 rings (SSSR count). The molecule has 0 unspecified atom stereocenters. The van der Waals surface area contributed by atoms with Gasteiger partial charge in [0.25, 0.3) is 11.8 Å². The molecule has 3 N–H and O–H groups in total. The zero-order valence-corrected chi connectivity index (χ0v) is 18.7. The van der Waals surface area contributed by atoms with Gasteiger partial charge in [-0.2, -0.15) is 0 Å². The lowest BCUT2D eigenvalue weighted by atomic mass is 10.1. The molecule has 7 heteroatoms. The number of hydrogen-bond acceptors (Lipinski definition) is 4. The fraction of sp³-hybridized carbons (Fsp3) is 0.545. The Morgan fingerprint density at radius 3 is 2.03 bits per heavy atom. The summed E-state index contributed by atoms with van der Waals surface area (Å²) in [6.45, 7) is 11.3. The van der Waals surface area contributed by atoms with Gasteiger partial charge in [-0.3, -0.25) is 9.59 Å². The van der Waals surface area contributed by atoms with E-state index in [1.165, 1.54) is 12.1 Å². The van der Waals surface area contributed by atoms with Gasteiger partial charge in [0.05, 0.1) is 11.6 Å². The molecule has 0 atom stereocenters. The molecule has 6 nitrogen and oxygen atoms in total. The average molecular weight is 425 g/mol. The van der Waals surface area contributed by atoms with Crippen LogP contribution in [0.2, 0.25) is 5.02 Å². The predicted molar refractivity (Wildman–Crippen MR) is 117 cm³/mol. The van der Waals surface area contributed by atoms with Crippen molar-refractivity contribution in [1.29, 1.82) is 0 Å². The third kappa shape index (κ3) is 8.77. The first-order chi connectivity index (χ1) is 13.6. The number of benzene rings is 1. The molecule has 0 fully saturated rings. The molecule has 162 valence electrons. The Kier molecular flexibility index (Phi) is 10.6. The van der Waals surface area contributed by atoms with Crippen molar-refractivity contribution in [3.8, 4) is 11.5 Å². The summed E-state index contributed by atoms with van der Waals surface area (Å²) in [6, 6.07) is 3.04. The topological polar surface area (TPSA) is 87.7 Å². The zero-order chi connectivity index (χ0) is 22.0. The van der Waals surface area contributed by atoms with Gasteiger partial charge in [-0.05, 0) is 55.4 Å². The number of rotatable bonds is 11. The summed E-state index contributed by atoms with van der Waals surface area (Å²) in [7, 11) is 0. The number of phenols is 1. The van der Waals surface area contributed by atoms with Crippen molar-refractivity contribution in [3.63, 3.8) is 0 Å². The molecule has 0 saturated carbocycles. The number of hydrogen-bond donors (Lipinski definition) is 3. The molecule has 0 aromatic heterocycles. The fourth-order valence-electron chi connectivity index (χ4n) is 2.48. The van der Waals surface area contributed by atoms with E-state index in [0.29, 0.717) is 37.1 Å². The summed E-state index contributed by atoms with van der Waals surface area (Å²) in [4.78, 5) is 25.4. The van der Waals surface area contributed by atoms with E-state index in [1.807, 2.05) is 0 Å². The summed E-state index contributed by atoms with van der Waals surface area (Å²) in [5.74, 6) is 0.00485. The first-order valence-corrected chi connectivity index (χ1v) is 10.5. The van der Waals surface area contributed by atoms with Gasteiger partial charge >= 0.3 is 0 Å². The van der Waals surface area contributed by atoms with Crippen LogP contribution in [0, 0.1) is 11.8 Å². The summed E-state index contributed by atoms with van der Waals surface area (Å²) >= 11 is 6.07. The normalized spacial score (nSPS) is 10.8. The Bertz CT molecular complexity index is 702. The second-order valence-corrected chi connectivity index (χ2v) is 8.12. The van der Waals surface area contributed by atoms with Gasteiger partial charge in [-0.15, -0.1) is 0 Å². The van der Waals surface area contributed by atoms with Crippen LogP contribution in [0.25, 0.3) is 6.08 Å². The van der Waals surface area contributed by atoms with Gasteiger partial charge < -0.3 is 20.5 Å². The van der Waals surface area contributed by atoms with Crippen molar-refractivity contribution in [2.24, 2.45) is 11.8 Å². The van der Waals surface area contributed by atoms with E-state index in [0.717, 1.165) is 12.8 Å². The molecule has 0 aliphatic carbocycles. The van der Waals surface area contributed by atoms with Crippen molar-refractivity contribution in [2.45, 2.75) is 47.5 Å². The van der Waals surface area contributed by atoms with Gasteiger partial charge in [-0.25, -0.2) is 0 Å². The molecule has 1 aromatic rings. The highest BCUT2D eigenvalue weighted by molar-refractivity contribution is 6.32. The number of halogens is 1. The van der Waals surface area contributed by atoms with Crippen molar-refractivity contribution in [2.75, 3.05) is 19.7 Å². The molecular weight excluding hydrogens is 392 g/mol. The van der Waals surface area contributed by atoms with Crippen LogP contribution < -0.4 is 15.4 Å². The SMILES string of the molecule is CCOc1cc(C=C(C(=O)NCCC(C)C)C(=O)NCCC(C)C)cc(Cl)c1O. The highest BCUT2D eigenvalue weighted by Crippen LogP contribution is 2.35. The number of carbonyl (C=O) groups is 2. The smallest absolute Gasteiger partial charge is 0.256 e. The molecule has 1 aromatic carbocycles.